The second-order valence-electron chi connectivity index (χ2n) is 5.50. The van der Waals surface area contributed by atoms with Crippen molar-refractivity contribution in [2.75, 3.05) is 0 Å². The monoisotopic (exact) mass is 339 g/mol. The summed E-state index contributed by atoms with van der Waals surface area (Å²) in [6.45, 7) is 0.469. The van der Waals surface area contributed by atoms with Crippen molar-refractivity contribution in [3.8, 4) is 0 Å². The molecule has 0 N–H and O–H groups in total. The van der Waals surface area contributed by atoms with Gasteiger partial charge in [0.15, 0.2) is 0 Å². The summed E-state index contributed by atoms with van der Waals surface area (Å²) in [5, 5.41) is 0. The fourth-order valence-electron chi connectivity index (χ4n) is 2.45. The molecule has 4 nitrogen and oxygen atoms in total. The molecule has 126 valence electrons. The Kier molecular flexibility index (Phi) is 5.09. The lowest BCUT2D eigenvalue weighted by molar-refractivity contribution is 0.0724. The first-order chi connectivity index (χ1) is 12.1. The van der Waals surface area contributed by atoms with E-state index >= 15 is 0 Å². The van der Waals surface area contributed by atoms with Crippen LogP contribution in [0.1, 0.15) is 21.5 Å². The molecule has 0 spiro atoms. The van der Waals surface area contributed by atoms with Crippen LogP contribution in [0, 0.1) is 11.6 Å². The lowest BCUT2D eigenvalue weighted by Crippen LogP contribution is -2.31. The Hall–Kier alpha value is -3.15. The van der Waals surface area contributed by atoms with Crippen molar-refractivity contribution in [2.45, 2.75) is 13.1 Å². The summed E-state index contributed by atoms with van der Waals surface area (Å²) in [6, 6.07) is 9.98. The Morgan fingerprint density at radius 1 is 0.920 bits per heavy atom. The highest BCUT2D eigenvalue weighted by molar-refractivity contribution is 5.94. The van der Waals surface area contributed by atoms with E-state index in [4.69, 9.17) is 0 Å². The van der Waals surface area contributed by atoms with Crippen molar-refractivity contribution in [3.05, 3.63) is 95.6 Å². The van der Waals surface area contributed by atoms with Gasteiger partial charge < -0.3 is 4.90 Å². The van der Waals surface area contributed by atoms with Crippen LogP contribution in [0.25, 0.3) is 0 Å². The highest BCUT2D eigenvalue weighted by Gasteiger charge is 2.21. The number of aromatic nitrogens is 2. The fourth-order valence-corrected chi connectivity index (χ4v) is 2.45. The van der Waals surface area contributed by atoms with Crippen LogP contribution in [-0.4, -0.2) is 20.8 Å². The Balaban J connectivity index is 1.92. The Morgan fingerprint density at radius 2 is 1.68 bits per heavy atom. The minimum Gasteiger partial charge on any atom is -0.330 e. The largest absolute Gasteiger partial charge is 0.330 e. The van der Waals surface area contributed by atoms with Crippen LogP contribution in [0.5, 0.6) is 0 Å². The Morgan fingerprint density at radius 3 is 2.40 bits per heavy atom. The van der Waals surface area contributed by atoms with Gasteiger partial charge in [-0.05, 0) is 47.5 Å². The number of nitrogens with zero attached hydrogens (tertiary/aromatic N) is 3. The van der Waals surface area contributed by atoms with Gasteiger partial charge in [-0.25, -0.2) is 8.78 Å². The van der Waals surface area contributed by atoms with E-state index < -0.39 is 17.5 Å². The van der Waals surface area contributed by atoms with Gasteiger partial charge in [0.05, 0.1) is 5.56 Å². The van der Waals surface area contributed by atoms with Crippen LogP contribution in [0.4, 0.5) is 8.78 Å². The number of carbonyl (C=O) groups is 1. The van der Waals surface area contributed by atoms with Crippen molar-refractivity contribution >= 4 is 5.91 Å². The second kappa shape index (κ2) is 7.61. The summed E-state index contributed by atoms with van der Waals surface area (Å²) >= 11 is 0. The zero-order valence-electron chi connectivity index (χ0n) is 13.3. The van der Waals surface area contributed by atoms with Gasteiger partial charge in [0.25, 0.3) is 5.91 Å². The van der Waals surface area contributed by atoms with Crippen LogP contribution in [0.3, 0.4) is 0 Å². The third kappa shape index (κ3) is 4.23. The molecule has 3 rings (SSSR count). The zero-order chi connectivity index (χ0) is 17.6. The van der Waals surface area contributed by atoms with Gasteiger partial charge in [0.2, 0.25) is 0 Å². The number of halogens is 2. The first kappa shape index (κ1) is 16.7. The minimum absolute atomic E-state index is 0.227. The van der Waals surface area contributed by atoms with Gasteiger partial charge in [-0.15, -0.1) is 0 Å². The predicted octanol–water partition coefficient (Wildman–Crippen LogP) is 3.60. The fraction of sp³-hybridized carbons (Fsp3) is 0.105. The van der Waals surface area contributed by atoms with Crippen LogP contribution < -0.4 is 0 Å². The van der Waals surface area contributed by atoms with Crippen molar-refractivity contribution in [3.63, 3.8) is 0 Å². The number of hydrogen-bond acceptors (Lipinski definition) is 3. The summed E-state index contributed by atoms with van der Waals surface area (Å²) in [7, 11) is 0. The molecule has 0 unspecified atom stereocenters. The van der Waals surface area contributed by atoms with E-state index in [1.54, 1.807) is 43.0 Å². The normalized spacial score (nSPS) is 10.5. The molecule has 0 bridgehead atoms. The lowest BCUT2D eigenvalue weighted by Gasteiger charge is -2.23. The standard InChI is InChI=1S/C19H15F2N3O/c20-16-3-4-18(21)17(10-16)19(25)24(12-14-5-8-22-9-6-14)13-15-2-1-7-23-11-15/h1-11H,12-13H2. The highest BCUT2D eigenvalue weighted by Crippen LogP contribution is 2.17. The number of amides is 1. The number of hydrogen-bond donors (Lipinski definition) is 0. The first-order valence-electron chi connectivity index (χ1n) is 7.65. The van der Waals surface area contributed by atoms with Gasteiger partial charge in [-0.3, -0.25) is 14.8 Å². The van der Waals surface area contributed by atoms with Crippen molar-refractivity contribution in [2.24, 2.45) is 0 Å². The first-order valence-corrected chi connectivity index (χ1v) is 7.65. The van der Waals surface area contributed by atoms with Gasteiger partial charge in [0, 0.05) is 37.9 Å². The third-order valence-electron chi connectivity index (χ3n) is 3.67. The Labute approximate surface area is 143 Å². The van der Waals surface area contributed by atoms with E-state index in [0.29, 0.717) is 0 Å². The molecule has 6 heteroatoms. The number of benzene rings is 1. The summed E-state index contributed by atoms with van der Waals surface area (Å²) in [4.78, 5) is 22.2. The van der Waals surface area contributed by atoms with Gasteiger partial charge in [0.1, 0.15) is 11.6 Å². The topological polar surface area (TPSA) is 46.1 Å². The molecule has 0 saturated carbocycles. The predicted molar refractivity (Wildman–Crippen MR) is 88.4 cm³/mol. The summed E-state index contributed by atoms with van der Waals surface area (Å²) in [5.74, 6) is -2.00. The Bertz CT molecular complexity index is 816. The van der Waals surface area contributed by atoms with Crippen LogP contribution in [0.15, 0.2) is 67.3 Å². The van der Waals surface area contributed by atoms with E-state index in [9.17, 15) is 13.6 Å². The lowest BCUT2D eigenvalue weighted by atomic mass is 10.1. The molecule has 25 heavy (non-hydrogen) atoms. The second-order valence-corrected chi connectivity index (χ2v) is 5.50. The number of carbonyl (C=O) groups excluding carboxylic acids is 1. The molecule has 1 aromatic carbocycles. The molecule has 0 saturated heterocycles. The summed E-state index contributed by atoms with van der Waals surface area (Å²) in [6.07, 6.45) is 6.50. The van der Waals surface area contributed by atoms with Gasteiger partial charge in [-0.1, -0.05) is 6.07 Å². The summed E-state index contributed by atoms with van der Waals surface area (Å²) in [5.41, 5.74) is 1.34. The van der Waals surface area contributed by atoms with E-state index in [0.717, 1.165) is 29.3 Å². The number of rotatable bonds is 5. The SMILES string of the molecule is O=C(c1cc(F)ccc1F)N(Cc1ccncc1)Cc1cccnc1. The van der Waals surface area contributed by atoms with Crippen LogP contribution in [-0.2, 0) is 13.1 Å². The maximum Gasteiger partial charge on any atom is 0.257 e. The maximum absolute atomic E-state index is 14.0. The molecule has 0 aliphatic carbocycles. The molecule has 0 aliphatic heterocycles. The highest BCUT2D eigenvalue weighted by atomic mass is 19.1. The maximum atomic E-state index is 14.0. The van der Waals surface area contributed by atoms with Gasteiger partial charge >= 0.3 is 0 Å². The molecule has 0 fully saturated rings. The van der Waals surface area contributed by atoms with Crippen molar-refractivity contribution in [1.29, 1.82) is 0 Å². The molecule has 0 atom stereocenters. The molecule has 1 amide bonds. The smallest absolute Gasteiger partial charge is 0.257 e. The molecule has 0 aliphatic rings. The van der Waals surface area contributed by atoms with Crippen molar-refractivity contribution < 1.29 is 13.6 Å². The van der Waals surface area contributed by atoms with Crippen LogP contribution >= 0.6 is 0 Å². The van der Waals surface area contributed by atoms with E-state index in [1.807, 2.05) is 6.07 Å². The summed E-state index contributed by atoms with van der Waals surface area (Å²) < 4.78 is 27.5. The van der Waals surface area contributed by atoms with E-state index in [1.165, 1.54) is 4.90 Å². The number of pyridine rings is 2. The zero-order valence-corrected chi connectivity index (χ0v) is 13.3. The quantitative estimate of drug-likeness (QED) is 0.713. The van der Waals surface area contributed by atoms with Gasteiger partial charge in [-0.2, -0.15) is 0 Å². The molecular formula is C19H15F2N3O. The molecule has 2 heterocycles. The van der Waals surface area contributed by atoms with Crippen LogP contribution in [0.2, 0.25) is 0 Å². The average molecular weight is 339 g/mol. The molecule has 2 aromatic heterocycles. The van der Waals surface area contributed by atoms with E-state index in [2.05, 4.69) is 9.97 Å². The third-order valence-corrected chi connectivity index (χ3v) is 3.67. The van der Waals surface area contributed by atoms with Crippen molar-refractivity contribution in [1.82, 2.24) is 14.9 Å². The molecule has 0 radical (unpaired) electrons. The van der Waals surface area contributed by atoms with E-state index in [-0.39, 0.29) is 18.7 Å². The average Bonchev–Trinajstić information content (AvgIpc) is 2.64. The molecular weight excluding hydrogens is 324 g/mol. The minimum atomic E-state index is -0.752. The molecule has 3 aromatic rings.